The highest BCUT2D eigenvalue weighted by molar-refractivity contribution is 6.08. The number of carbonyl (C=O) groups is 1. The van der Waals surface area contributed by atoms with E-state index in [-0.39, 0.29) is 62.4 Å². The van der Waals surface area contributed by atoms with Gasteiger partial charge in [0.05, 0.1) is 47.5 Å². The molecule has 0 spiro atoms. The van der Waals surface area contributed by atoms with Crippen molar-refractivity contribution in [1.29, 1.82) is 0 Å². The summed E-state index contributed by atoms with van der Waals surface area (Å²) in [7, 11) is 2.87. The highest BCUT2D eigenvalue weighted by atomic mass is 19.4. The number of fused-ring (bicyclic) bond motifs is 2. The van der Waals surface area contributed by atoms with E-state index >= 15 is 8.78 Å². The van der Waals surface area contributed by atoms with Gasteiger partial charge in [-0.2, -0.15) is 23.1 Å². The fraction of sp³-hybridized carbons (Fsp3) is 0.562. The first kappa shape index (κ1) is 34.7. The number of alkyl halides is 4. The molecule has 3 atom stereocenters. The van der Waals surface area contributed by atoms with Gasteiger partial charge in [-0.25, -0.2) is 13.2 Å². The van der Waals surface area contributed by atoms with Crippen LogP contribution in [0.15, 0.2) is 28.6 Å². The van der Waals surface area contributed by atoms with Crippen molar-refractivity contribution in [3.8, 4) is 6.01 Å². The molecule has 0 aliphatic carbocycles. The lowest BCUT2D eigenvalue weighted by Gasteiger charge is -2.33. The number of aliphatic imine (C=N–C) groups is 1. The Hall–Kier alpha value is -4.12. The predicted octanol–water partition coefficient (Wildman–Crippen LogP) is 3.87. The molecule has 4 aliphatic heterocycles. The lowest BCUT2D eigenvalue weighted by atomic mass is 9.93. The summed E-state index contributed by atoms with van der Waals surface area (Å²) in [4.78, 5) is 30.8. The Morgan fingerprint density at radius 3 is 2.71 bits per heavy atom. The van der Waals surface area contributed by atoms with Gasteiger partial charge in [-0.15, -0.1) is 0 Å². The second-order valence-corrected chi connectivity index (χ2v) is 13.1. The minimum absolute atomic E-state index is 0.0703. The van der Waals surface area contributed by atoms with Crippen LogP contribution in [0.4, 0.5) is 37.8 Å². The number of amides is 1. The molecule has 6 rings (SSSR count). The van der Waals surface area contributed by atoms with Crippen molar-refractivity contribution < 1.29 is 40.6 Å². The van der Waals surface area contributed by atoms with Crippen LogP contribution < -0.4 is 21.1 Å². The molecule has 0 saturated carbocycles. The van der Waals surface area contributed by atoms with Crippen LogP contribution in [0, 0.1) is 5.82 Å². The Labute approximate surface area is 278 Å². The van der Waals surface area contributed by atoms with E-state index in [0.29, 0.717) is 37.6 Å². The van der Waals surface area contributed by atoms with Crippen molar-refractivity contribution in [2.24, 2.45) is 10.7 Å². The zero-order valence-electron chi connectivity index (χ0n) is 27.1. The van der Waals surface area contributed by atoms with Gasteiger partial charge < -0.3 is 30.7 Å². The number of hydrogen-bond acceptors (Lipinski definition) is 10. The monoisotopic (exact) mass is 696 g/mol. The van der Waals surface area contributed by atoms with E-state index in [9.17, 15) is 22.4 Å². The Morgan fingerprint density at radius 1 is 1.20 bits per heavy atom. The maximum Gasteiger partial charge on any atom is 0.416 e. The van der Waals surface area contributed by atoms with Gasteiger partial charge >= 0.3 is 12.2 Å². The minimum atomic E-state index is -4.89. The van der Waals surface area contributed by atoms with Crippen LogP contribution in [-0.2, 0) is 28.7 Å². The predicted molar refractivity (Wildman–Crippen MR) is 168 cm³/mol. The van der Waals surface area contributed by atoms with Crippen LogP contribution in [0.1, 0.15) is 54.2 Å². The quantitative estimate of drug-likeness (QED) is 0.251. The highest BCUT2D eigenvalue weighted by Crippen LogP contribution is 2.44. The Morgan fingerprint density at radius 2 is 1.98 bits per heavy atom. The number of carbonyl (C=O) groups excluding carboxylic acids is 1. The molecular weight excluding hydrogens is 658 g/mol. The number of hydrogen-bond donors (Lipinski definition) is 2. The van der Waals surface area contributed by atoms with Crippen molar-refractivity contribution in [1.82, 2.24) is 19.8 Å². The van der Waals surface area contributed by atoms with Gasteiger partial charge in [-0.3, -0.25) is 14.7 Å². The molecule has 17 heteroatoms. The molecule has 266 valence electrons. The molecule has 1 aromatic carbocycles. The van der Waals surface area contributed by atoms with Crippen molar-refractivity contribution in [3.63, 3.8) is 0 Å². The SMILES string of the molecule is CN(C)C(=O)C(N)=C(F)C1=NCCCN(c2nc(OC[C@@]34CCCN3C[C@H](F)C4)nc3c2CO[C@H](c2c(C(F)(F)F)ccc(N)c2F)C3)C1. The molecule has 4 N–H and O–H groups in total. The van der Waals surface area contributed by atoms with E-state index in [1.807, 2.05) is 4.90 Å². The summed E-state index contributed by atoms with van der Waals surface area (Å²) in [5, 5.41) is 0. The number of aromatic nitrogens is 2. The van der Waals surface area contributed by atoms with Gasteiger partial charge in [0.25, 0.3) is 5.91 Å². The third kappa shape index (κ3) is 6.74. The van der Waals surface area contributed by atoms with E-state index in [0.717, 1.165) is 23.9 Å². The molecule has 1 amide bonds. The number of anilines is 2. The van der Waals surface area contributed by atoms with E-state index in [2.05, 4.69) is 15.0 Å². The summed E-state index contributed by atoms with van der Waals surface area (Å²) < 4.78 is 99.4. The van der Waals surface area contributed by atoms with Crippen molar-refractivity contribution in [2.75, 3.05) is 64.1 Å². The third-order valence-electron chi connectivity index (χ3n) is 9.58. The molecular formula is C32H38F6N8O3. The lowest BCUT2D eigenvalue weighted by molar-refractivity contribution is -0.140. The van der Waals surface area contributed by atoms with E-state index in [1.165, 1.54) is 14.1 Å². The second kappa shape index (κ2) is 13.3. The van der Waals surface area contributed by atoms with Crippen LogP contribution in [0.25, 0.3) is 0 Å². The summed E-state index contributed by atoms with van der Waals surface area (Å²) in [6, 6.07) is 1.45. The molecule has 2 saturated heterocycles. The van der Waals surface area contributed by atoms with E-state index in [1.54, 1.807) is 4.90 Å². The Bertz CT molecular complexity index is 1680. The average molecular weight is 697 g/mol. The van der Waals surface area contributed by atoms with Gasteiger partial charge in [0.15, 0.2) is 11.6 Å². The highest BCUT2D eigenvalue weighted by Gasteiger charge is 2.49. The summed E-state index contributed by atoms with van der Waals surface area (Å²) >= 11 is 0. The normalized spacial score (nSPS) is 24.9. The minimum Gasteiger partial charge on any atom is -0.461 e. The fourth-order valence-corrected chi connectivity index (χ4v) is 7.16. The number of nitrogens with zero attached hydrogens (tertiary/aromatic N) is 6. The Kier molecular flexibility index (Phi) is 9.43. The smallest absolute Gasteiger partial charge is 0.416 e. The first-order chi connectivity index (χ1) is 23.2. The number of nitrogen functional groups attached to an aromatic ring is 1. The fourth-order valence-electron chi connectivity index (χ4n) is 7.16. The standard InChI is InChI=1S/C32H38F6N8O3/c1-44(2)29(47)27(40)26(35)22-14-45(9-4-8-41-22)28-18-15-48-23(24-19(32(36,37)38)5-6-20(39)25(24)34)11-21(18)42-30(43-28)49-16-31-7-3-10-46(31)13-17(33)12-31/h5-6,17,23H,3-4,7-16,39-40H2,1-2H3/t17-,23+,31+/m1/s1. The second-order valence-electron chi connectivity index (χ2n) is 13.1. The molecule has 0 radical (unpaired) electrons. The number of nitrogens with two attached hydrogens (primary N) is 2. The van der Waals surface area contributed by atoms with Crippen molar-refractivity contribution >= 4 is 23.1 Å². The molecule has 0 unspecified atom stereocenters. The molecule has 1 aromatic heterocycles. The number of ether oxygens (including phenoxy) is 2. The first-order valence-electron chi connectivity index (χ1n) is 16.0. The number of likely N-dealkylation sites (N-methyl/N-ethyl adjacent to an activating group) is 1. The maximum absolute atomic E-state index is 15.6. The van der Waals surface area contributed by atoms with Crippen LogP contribution >= 0.6 is 0 Å². The molecule has 2 fully saturated rings. The van der Waals surface area contributed by atoms with Crippen LogP contribution in [0.5, 0.6) is 6.01 Å². The van der Waals surface area contributed by atoms with E-state index < -0.39 is 64.1 Å². The molecule has 4 aliphatic rings. The average Bonchev–Trinajstić information content (AvgIpc) is 3.46. The summed E-state index contributed by atoms with van der Waals surface area (Å²) in [6.07, 6.45) is -5.29. The van der Waals surface area contributed by atoms with Gasteiger partial charge in [-0.05, 0) is 37.9 Å². The largest absolute Gasteiger partial charge is 0.461 e. The Balaban J connectivity index is 1.38. The van der Waals surface area contributed by atoms with Crippen molar-refractivity contribution in [3.05, 3.63) is 51.9 Å². The number of halogens is 6. The number of rotatable bonds is 7. The summed E-state index contributed by atoms with van der Waals surface area (Å²) in [5.41, 5.74) is 8.47. The molecule has 11 nitrogen and oxygen atoms in total. The molecule has 0 bridgehead atoms. The summed E-state index contributed by atoms with van der Waals surface area (Å²) in [6.45, 7) is 1.14. The molecule has 2 aromatic rings. The van der Waals surface area contributed by atoms with Crippen LogP contribution in [-0.4, -0.2) is 96.5 Å². The van der Waals surface area contributed by atoms with Crippen molar-refractivity contribution in [2.45, 2.75) is 62.7 Å². The zero-order chi connectivity index (χ0) is 35.2. The number of benzene rings is 1. The molecule has 5 heterocycles. The van der Waals surface area contributed by atoms with Gasteiger partial charge in [0, 0.05) is 57.7 Å². The van der Waals surface area contributed by atoms with Gasteiger partial charge in [0.1, 0.15) is 24.3 Å². The lowest BCUT2D eigenvalue weighted by Crippen LogP contribution is -2.43. The third-order valence-corrected chi connectivity index (χ3v) is 9.58. The first-order valence-corrected chi connectivity index (χ1v) is 16.0. The topological polar surface area (TPSA) is 135 Å². The van der Waals surface area contributed by atoms with Crippen LogP contribution in [0.3, 0.4) is 0 Å². The van der Waals surface area contributed by atoms with Gasteiger partial charge in [-0.1, -0.05) is 0 Å². The summed E-state index contributed by atoms with van der Waals surface area (Å²) in [5.74, 6) is -2.71. The molecule has 49 heavy (non-hydrogen) atoms. The maximum atomic E-state index is 15.6. The van der Waals surface area contributed by atoms with Crippen LogP contribution in [0.2, 0.25) is 0 Å². The van der Waals surface area contributed by atoms with E-state index in [4.69, 9.17) is 20.9 Å². The zero-order valence-corrected chi connectivity index (χ0v) is 27.1. The van der Waals surface area contributed by atoms with Gasteiger partial charge in [0.2, 0.25) is 0 Å².